The molecule has 0 saturated carbocycles. The minimum atomic E-state index is -1.26. The highest BCUT2D eigenvalue weighted by Gasteiger charge is 2.29. The standard InChI is InChI=1S/C15H25NO7/c1-4-22-12(18)9-21-8-6-7-11(3)14(19)13(16-10-17)15(20)23-5-2/h10,13-14,19H,3-9H2,1-2H3,(H,16,17). The number of rotatable bonds is 13. The van der Waals surface area contributed by atoms with Crippen LogP contribution in [0.5, 0.6) is 0 Å². The molecule has 0 heterocycles. The van der Waals surface area contributed by atoms with Crippen LogP contribution in [-0.2, 0) is 28.6 Å². The van der Waals surface area contributed by atoms with Gasteiger partial charge in [0.15, 0.2) is 6.04 Å². The molecule has 8 nitrogen and oxygen atoms in total. The largest absolute Gasteiger partial charge is 0.464 e. The molecular formula is C15H25NO7. The summed E-state index contributed by atoms with van der Waals surface area (Å²) in [7, 11) is 0. The van der Waals surface area contributed by atoms with E-state index >= 15 is 0 Å². The van der Waals surface area contributed by atoms with Crippen LogP contribution >= 0.6 is 0 Å². The van der Waals surface area contributed by atoms with Gasteiger partial charge < -0.3 is 24.6 Å². The highest BCUT2D eigenvalue weighted by molar-refractivity contribution is 5.79. The summed E-state index contributed by atoms with van der Waals surface area (Å²) in [6.45, 7) is 7.60. The molecule has 0 aliphatic rings. The van der Waals surface area contributed by atoms with E-state index in [-0.39, 0.29) is 19.8 Å². The molecule has 0 rings (SSSR count). The quantitative estimate of drug-likeness (QED) is 0.210. The maximum atomic E-state index is 11.7. The Hall–Kier alpha value is -1.93. The van der Waals surface area contributed by atoms with Gasteiger partial charge in [0.05, 0.1) is 13.2 Å². The number of ether oxygens (including phenoxy) is 3. The number of amides is 1. The van der Waals surface area contributed by atoms with Crippen molar-refractivity contribution in [3.63, 3.8) is 0 Å². The second kappa shape index (κ2) is 12.6. The maximum Gasteiger partial charge on any atom is 0.332 e. The third-order valence-corrected chi connectivity index (χ3v) is 2.83. The first kappa shape index (κ1) is 21.1. The van der Waals surface area contributed by atoms with Crippen LogP contribution in [0.15, 0.2) is 12.2 Å². The fraction of sp³-hybridized carbons (Fsp3) is 0.667. The number of nitrogens with one attached hydrogen (secondary N) is 1. The molecule has 0 aliphatic heterocycles. The predicted molar refractivity (Wildman–Crippen MR) is 81.5 cm³/mol. The van der Waals surface area contributed by atoms with Crippen LogP contribution in [0, 0.1) is 0 Å². The number of aliphatic hydroxyl groups excluding tert-OH is 1. The zero-order valence-electron chi connectivity index (χ0n) is 13.6. The van der Waals surface area contributed by atoms with Crippen molar-refractivity contribution in [2.75, 3.05) is 26.4 Å². The molecule has 0 fully saturated rings. The third kappa shape index (κ3) is 8.94. The Bertz CT molecular complexity index is 397. The first-order valence-electron chi connectivity index (χ1n) is 7.43. The molecule has 2 unspecified atom stereocenters. The molecule has 0 aromatic carbocycles. The van der Waals surface area contributed by atoms with Gasteiger partial charge in [-0.3, -0.25) is 4.79 Å². The minimum absolute atomic E-state index is 0.136. The second-order valence-electron chi connectivity index (χ2n) is 4.58. The Morgan fingerprint density at radius 1 is 1.26 bits per heavy atom. The third-order valence-electron chi connectivity index (χ3n) is 2.83. The molecule has 2 atom stereocenters. The number of hydrogen-bond donors (Lipinski definition) is 2. The van der Waals surface area contributed by atoms with Gasteiger partial charge in [0, 0.05) is 6.61 Å². The van der Waals surface area contributed by atoms with E-state index in [0.717, 1.165) is 0 Å². The highest BCUT2D eigenvalue weighted by atomic mass is 16.6. The van der Waals surface area contributed by atoms with Crippen molar-refractivity contribution in [2.24, 2.45) is 0 Å². The summed E-state index contributed by atoms with van der Waals surface area (Å²) in [4.78, 5) is 33.3. The number of carbonyl (C=O) groups excluding carboxylic acids is 3. The fourth-order valence-electron chi connectivity index (χ4n) is 1.74. The predicted octanol–water partition coefficient (Wildman–Crippen LogP) is -0.0589. The van der Waals surface area contributed by atoms with Gasteiger partial charge in [-0.25, -0.2) is 9.59 Å². The summed E-state index contributed by atoms with van der Waals surface area (Å²) < 4.78 is 14.6. The first-order chi connectivity index (χ1) is 11.0. The zero-order valence-corrected chi connectivity index (χ0v) is 13.6. The Morgan fingerprint density at radius 2 is 1.91 bits per heavy atom. The van der Waals surface area contributed by atoms with Crippen LogP contribution in [0.1, 0.15) is 26.7 Å². The van der Waals surface area contributed by atoms with Gasteiger partial charge in [-0.15, -0.1) is 0 Å². The summed E-state index contributed by atoms with van der Waals surface area (Å²) in [5.41, 5.74) is 0.358. The Labute approximate surface area is 135 Å². The first-order valence-corrected chi connectivity index (χ1v) is 7.43. The van der Waals surface area contributed by atoms with Crippen molar-refractivity contribution in [1.82, 2.24) is 5.32 Å². The molecular weight excluding hydrogens is 306 g/mol. The maximum absolute atomic E-state index is 11.7. The lowest BCUT2D eigenvalue weighted by Crippen LogP contribution is -2.47. The number of carbonyl (C=O) groups is 3. The number of aliphatic hydroxyl groups is 1. The van der Waals surface area contributed by atoms with Gasteiger partial charge in [-0.2, -0.15) is 0 Å². The molecule has 0 spiro atoms. The lowest BCUT2D eigenvalue weighted by Gasteiger charge is -2.22. The summed E-state index contributed by atoms with van der Waals surface area (Å²) in [5.74, 6) is -1.17. The highest BCUT2D eigenvalue weighted by Crippen LogP contribution is 2.12. The van der Waals surface area contributed by atoms with Crippen molar-refractivity contribution < 1.29 is 33.7 Å². The molecule has 0 aromatic heterocycles. The van der Waals surface area contributed by atoms with E-state index in [1.807, 2.05) is 0 Å². The van der Waals surface area contributed by atoms with Crippen molar-refractivity contribution in [1.29, 1.82) is 0 Å². The van der Waals surface area contributed by atoms with Crippen molar-refractivity contribution >= 4 is 18.3 Å². The lowest BCUT2D eigenvalue weighted by molar-refractivity contribution is -0.149. The normalized spacial score (nSPS) is 12.8. The monoisotopic (exact) mass is 331 g/mol. The SMILES string of the molecule is C=C(CCCOCC(=O)OCC)C(O)C(NC=O)C(=O)OCC. The van der Waals surface area contributed by atoms with Crippen molar-refractivity contribution in [3.05, 3.63) is 12.2 Å². The van der Waals surface area contributed by atoms with Gasteiger partial charge in [0.25, 0.3) is 0 Å². The number of esters is 2. The molecule has 0 aliphatic carbocycles. The number of hydrogen-bond acceptors (Lipinski definition) is 7. The zero-order chi connectivity index (χ0) is 17.7. The van der Waals surface area contributed by atoms with Crippen LogP contribution < -0.4 is 5.32 Å². The fourth-order valence-corrected chi connectivity index (χ4v) is 1.74. The molecule has 0 saturated heterocycles. The molecule has 2 N–H and O–H groups in total. The van der Waals surface area contributed by atoms with Gasteiger partial charge in [0.2, 0.25) is 6.41 Å². The van der Waals surface area contributed by atoms with E-state index in [1.54, 1.807) is 13.8 Å². The van der Waals surface area contributed by atoms with Gasteiger partial charge in [-0.05, 0) is 32.3 Å². The van der Waals surface area contributed by atoms with Crippen LogP contribution in [-0.4, -0.2) is 62.0 Å². The molecule has 23 heavy (non-hydrogen) atoms. The molecule has 0 radical (unpaired) electrons. The van der Waals surface area contributed by atoms with Crippen LogP contribution in [0.4, 0.5) is 0 Å². The van der Waals surface area contributed by atoms with Gasteiger partial charge in [-0.1, -0.05) is 6.58 Å². The summed E-state index contributed by atoms with van der Waals surface area (Å²) >= 11 is 0. The van der Waals surface area contributed by atoms with E-state index in [0.29, 0.717) is 31.4 Å². The second-order valence-corrected chi connectivity index (χ2v) is 4.58. The van der Waals surface area contributed by atoms with E-state index in [4.69, 9.17) is 14.2 Å². The molecule has 1 amide bonds. The molecule has 0 bridgehead atoms. The van der Waals surface area contributed by atoms with E-state index in [9.17, 15) is 19.5 Å². The minimum Gasteiger partial charge on any atom is -0.464 e. The van der Waals surface area contributed by atoms with Gasteiger partial charge in [0.1, 0.15) is 12.7 Å². The Kier molecular flexibility index (Phi) is 11.5. The summed E-state index contributed by atoms with van der Waals surface area (Å²) in [6.07, 6.45) is -0.0864. The molecule has 0 aromatic rings. The smallest absolute Gasteiger partial charge is 0.332 e. The molecule has 8 heteroatoms. The molecule has 132 valence electrons. The van der Waals surface area contributed by atoms with E-state index in [1.165, 1.54) is 0 Å². The van der Waals surface area contributed by atoms with Crippen LogP contribution in [0.2, 0.25) is 0 Å². The average molecular weight is 331 g/mol. The van der Waals surface area contributed by atoms with Gasteiger partial charge >= 0.3 is 11.9 Å². The van der Waals surface area contributed by atoms with Crippen molar-refractivity contribution in [2.45, 2.75) is 38.8 Å². The van der Waals surface area contributed by atoms with Crippen LogP contribution in [0.3, 0.4) is 0 Å². The Morgan fingerprint density at radius 3 is 2.48 bits per heavy atom. The Balaban J connectivity index is 4.18. The van der Waals surface area contributed by atoms with E-state index in [2.05, 4.69) is 11.9 Å². The summed E-state index contributed by atoms with van der Waals surface area (Å²) in [5, 5.41) is 12.3. The van der Waals surface area contributed by atoms with Crippen molar-refractivity contribution in [3.8, 4) is 0 Å². The topological polar surface area (TPSA) is 111 Å². The summed E-state index contributed by atoms with van der Waals surface area (Å²) in [6, 6.07) is -1.19. The lowest BCUT2D eigenvalue weighted by atomic mass is 10.00. The average Bonchev–Trinajstić information content (AvgIpc) is 2.51. The van der Waals surface area contributed by atoms with Crippen LogP contribution in [0.25, 0.3) is 0 Å². The van der Waals surface area contributed by atoms with E-state index < -0.39 is 24.1 Å².